The molecule has 1 unspecified atom stereocenters. The highest BCUT2D eigenvalue weighted by Crippen LogP contribution is 2.33. The predicted octanol–water partition coefficient (Wildman–Crippen LogP) is 4.37. The van der Waals surface area contributed by atoms with Crippen molar-refractivity contribution in [2.45, 2.75) is 38.8 Å². The van der Waals surface area contributed by atoms with Crippen LogP contribution in [-0.4, -0.2) is 62.4 Å². The van der Waals surface area contributed by atoms with E-state index in [0.717, 1.165) is 10.7 Å². The van der Waals surface area contributed by atoms with Gasteiger partial charge in [0, 0.05) is 44.1 Å². The van der Waals surface area contributed by atoms with Crippen LogP contribution in [0.5, 0.6) is 0 Å². The first kappa shape index (κ1) is 24.5. The van der Waals surface area contributed by atoms with E-state index in [0.29, 0.717) is 31.2 Å². The first-order valence-corrected chi connectivity index (χ1v) is 12.1. The molecule has 0 saturated carbocycles. The zero-order valence-electron chi connectivity index (χ0n) is 20.3. The van der Waals surface area contributed by atoms with Crippen LogP contribution in [0, 0.1) is 0 Å². The molecule has 0 radical (unpaired) electrons. The Balaban J connectivity index is 1.50. The molecule has 0 spiro atoms. The quantitative estimate of drug-likeness (QED) is 0.429. The molecule has 1 amide bonds. The van der Waals surface area contributed by atoms with Crippen molar-refractivity contribution in [1.82, 2.24) is 23.8 Å². The molecule has 1 aliphatic rings. The average Bonchev–Trinajstić information content (AvgIpc) is 3.60. The highest BCUT2D eigenvalue weighted by Gasteiger charge is 2.34. The summed E-state index contributed by atoms with van der Waals surface area (Å²) in [5.41, 5.74) is 0.281. The summed E-state index contributed by atoms with van der Waals surface area (Å²) in [7, 11) is 1.96. The number of anilines is 1. The molecule has 1 atom stereocenters. The van der Waals surface area contributed by atoms with Gasteiger partial charge >= 0.3 is 6.09 Å². The highest BCUT2D eigenvalue weighted by molar-refractivity contribution is 7.09. The van der Waals surface area contributed by atoms with E-state index in [4.69, 9.17) is 14.2 Å². The average molecular weight is 499 g/mol. The SMILES string of the molecule is CN(CCCN(C(=O)OC(C)(C)C)C(C1=COCO1)c1ccccc1)c1nc(-n2ccnc2)ns1. The molecule has 0 bridgehead atoms. The third-order valence-corrected chi connectivity index (χ3v) is 6.00. The minimum atomic E-state index is -0.634. The molecule has 1 aliphatic heterocycles. The molecule has 1 aromatic carbocycles. The van der Waals surface area contributed by atoms with E-state index in [2.05, 4.69) is 14.3 Å². The van der Waals surface area contributed by atoms with Gasteiger partial charge in [0.05, 0.1) is 0 Å². The standard InChI is InChI=1S/C24H30N6O4S/c1-24(2,3)34-23(31)30(20(19-15-32-17-33-19)18-9-6-5-7-10-18)13-8-12-28(4)22-26-21(27-35-22)29-14-11-25-16-29/h5-7,9-11,14-16,20H,8,12-13,17H2,1-4H3. The van der Waals surface area contributed by atoms with Gasteiger partial charge in [0.2, 0.25) is 17.9 Å². The maximum atomic E-state index is 13.3. The Kier molecular flexibility index (Phi) is 7.54. The van der Waals surface area contributed by atoms with Gasteiger partial charge in [0.1, 0.15) is 24.2 Å². The second-order valence-corrected chi connectivity index (χ2v) is 9.79. The molecule has 0 saturated heterocycles. The first-order chi connectivity index (χ1) is 16.8. The Morgan fingerprint density at radius 2 is 2.06 bits per heavy atom. The summed E-state index contributed by atoms with van der Waals surface area (Å²) < 4.78 is 23.0. The van der Waals surface area contributed by atoms with Gasteiger partial charge in [-0.3, -0.25) is 9.47 Å². The lowest BCUT2D eigenvalue weighted by Gasteiger charge is -2.34. The van der Waals surface area contributed by atoms with E-state index in [1.807, 2.05) is 63.1 Å². The Bertz CT molecular complexity index is 1130. The first-order valence-electron chi connectivity index (χ1n) is 11.3. The number of hydrogen-bond donors (Lipinski definition) is 0. The molecular weight excluding hydrogens is 468 g/mol. The highest BCUT2D eigenvalue weighted by atomic mass is 32.1. The summed E-state index contributed by atoms with van der Waals surface area (Å²) in [6, 6.07) is 9.28. The number of rotatable bonds is 9. The molecule has 3 heterocycles. The molecule has 0 fully saturated rings. The van der Waals surface area contributed by atoms with E-state index in [1.165, 1.54) is 11.5 Å². The van der Waals surface area contributed by atoms with E-state index < -0.39 is 17.7 Å². The number of nitrogens with zero attached hydrogens (tertiary/aromatic N) is 6. The minimum absolute atomic E-state index is 0.125. The summed E-state index contributed by atoms with van der Waals surface area (Å²) in [5, 5.41) is 0.785. The molecular formula is C24H30N6O4S. The lowest BCUT2D eigenvalue weighted by molar-refractivity contribution is 0.00920. The number of benzene rings is 1. The van der Waals surface area contributed by atoms with Gasteiger partial charge in [-0.25, -0.2) is 9.78 Å². The number of hydrogen-bond acceptors (Lipinski definition) is 9. The molecule has 2 aromatic heterocycles. The fraction of sp³-hybridized carbons (Fsp3) is 0.417. The number of carbonyl (C=O) groups is 1. The van der Waals surface area contributed by atoms with E-state index in [-0.39, 0.29) is 6.79 Å². The van der Waals surface area contributed by atoms with Crippen molar-refractivity contribution in [3.63, 3.8) is 0 Å². The number of ether oxygens (including phenoxy) is 3. The van der Waals surface area contributed by atoms with Crippen LogP contribution in [0.3, 0.4) is 0 Å². The maximum Gasteiger partial charge on any atom is 0.411 e. The molecule has 0 N–H and O–H groups in total. The summed E-state index contributed by atoms with van der Waals surface area (Å²) in [6.07, 6.45) is 6.99. The predicted molar refractivity (Wildman–Crippen MR) is 132 cm³/mol. The molecule has 0 aliphatic carbocycles. The van der Waals surface area contributed by atoms with Gasteiger partial charge in [-0.2, -0.15) is 9.36 Å². The largest absolute Gasteiger partial charge is 0.462 e. The normalized spacial score (nSPS) is 14.0. The lowest BCUT2D eigenvalue weighted by Crippen LogP contribution is -2.41. The van der Waals surface area contributed by atoms with Crippen molar-refractivity contribution in [3.05, 3.63) is 66.6 Å². The van der Waals surface area contributed by atoms with Crippen molar-refractivity contribution in [3.8, 4) is 5.95 Å². The fourth-order valence-electron chi connectivity index (χ4n) is 3.59. The van der Waals surface area contributed by atoms with Gasteiger partial charge in [0.15, 0.2) is 5.76 Å². The van der Waals surface area contributed by atoms with Crippen molar-refractivity contribution >= 4 is 22.8 Å². The third kappa shape index (κ3) is 6.30. The van der Waals surface area contributed by atoms with Crippen molar-refractivity contribution in [2.75, 3.05) is 31.8 Å². The van der Waals surface area contributed by atoms with Gasteiger partial charge in [-0.1, -0.05) is 30.3 Å². The van der Waals surface area contributed by atoms with Gasteiger partial charge in [-0.15, -0.1) is 0 Å². The number of carbonyl (C=O) groups excluding carboxylic acids is 1. The number of amides is 1. The molecule has 10 nitrogen and oxygen atoms in total. The van der Waals surface area contributed by atoms with Crippen LogP contribution in [0.2, 0.25) is 0 Å². The topological polar surface area (TPSA) is 94.8 Å². The van der Waals surface area contributed by atoms with Crippen molar-refractivity contribution in [1.29, 1.82) is 0 Å². The third-order valence-electron chi connectivity index (χ3n) is 5.18. The van der Waals surface area contributed by atoms with E-state index in [1.54, 1.807) is 34.5 Å². The smallest absolute Gasteiger partial charge is 0.411 e. The van der Waals surface area contributed by atoms with Gasteiger partial charge < -0.3 is 19.1 Å². The molecule has 11 heteroatoms. The summed E-state index contributed by atoms with van der Waals surface area (Å²) in [6.45, 7) is 6.80. The fourth-order valence-corrected chi connectivity index (χ4v) is 4.25. The van der Waals surface area contributed by atoms with Crippen molar-refractivity contribution in [2.24, 2.45) is 0 Å². The molecule has 3 aromatic rings. The Morgan fingerprint density at radius 1 is 1.26 bits per heavy atom. The van der Waals surface area contributed by atoms with Crippen LogP contribution in [0.1, 0.15) is 38.8 Å². The Hall–Kier alpha value is -3.60. The summed E-state index contributed by atoms with van der Waals surface area (Å²) >= 11 is 1.32. The van der Waals surface area contributed by atoms with E-state index in [9.17, 15) is 4.79 Å². The Labute approximate surface area is 208 Å². The van der Waals surface area contributed by atoms with Crippen LogP contribution < -0.4 is 4.90 Å². The van der Waals surface area contributed by atoms with Gasteiger partial charge in [0.25, 0.3) is 0 Å². The van der Waals surface area contributed by atoms with Crippen LogP contribution >= 0.6 is 11.5 Å². The van der Waals surface area contributed by atoms with Gasteiger partial charge in [-0.05, 0) is 32.8 Å². The summed E-state index contributed by atoms with van der Waals surface area (Å²) in [5.74, 6) is 1.16. The second-order valence-electron chi connectivity index (χ2n) is 9.06. The van der Waals surface area contributed by atoms with E-state index >= 15 is 0 Å². The number of imidazole rings is 1. The zero-order valence-corrected chi connectivity index (χ0v) is 21.1. The van der Waals surface area contributed by atoms with Crippen LogP contribution in [0.25, 0.3) is 5.95 Å². The molecule has 4 rings (SSSR count). The zero-order chi connectivity index (χ0) is 24.8. The minimum Gasteiger partial charge on any atom is -0.462 e. The summed E-state index contributed by atoms with van der Waals surface area (Å²) in [4.78, 5) is 25.7. The van der Waals surface area contributed by atoms with Crippen molar-refractivity contribution < 1.29 is 19.0 Å². The molecule has 186 valence electrons. The van der Waals surface area contributed by atoms with Crippen LogP contribution in [-0.2, 0) is 14.2 Å². The molecule has 35 heavy (non-hydrogen) atoms. The number of aromatic nitrogens is 4. The maximum absolute atomic E-state index is 13.3. The Morgan fingerprint density at radius 3 is 2.71 bits per heavy atom. The van der Waals surface area contributed by atoms with Crippen LogP contribution in [0.15, 0.2) is 61.1 Å². The van der Waals surface area contributed by atoms with Crippen LogP contribution in [0.4, 0.5) is 9.93 Å². The second kappa shape index (κ2) is 10.8. The lowest BCUT2D eigenvalue weighted by atomic mass is 10.0. The monoisotopic (exact) mass is 498 g/mol.